The maximum atomic E-state index is 13.6. The van der Waals surface area contributed by atoms with E-state index in [-0.39, 0.29) is 28.9 Å². The fraction of sp³-hybridized carbons (Fsp3) is 0.967. The molecule has 0 spiro atoms. The first-order valence-corrected chi connectivity index (χ1v) is 42.1. The van der Waals surface area contributed by atoms with Gasteiger partial charge in [0.05, 0.1) is 17.6 Å². The second kappa shape index (κ2) is 48.3. The molecule has 0 rings (SSSR count). The molecule has 1 amide bonds. The molecular formula is C61H133NO19Si5. The smallest absolute Gasteiger partial charge is 0.390 e. The van der Waals surface area contributed by atoms with Crippen LogP contribution in [0, 0.1) is 10.8 Å². The fourth-order valence-corrected chi connectivity index (χ4v) is 21.0. The van der Waals surface area contributed by atoms with Crippen molar-refractivity contribution in [3.63, 3.8) is 0 Å². The van der Waals surface area contributed by atoms with Gasteiger partial charge in [-0.15, -0.1) is 0 Å². The third-order valence-corrected chi connectivity index (χ3v) is 32.4. The molecule has 0 aliphatic carbocycles. The summed E-state index contributed by atoms with van der Waals surface area (Å²) >= 11 is 0. The van der Waals surface area contributed by atoms with Crippen LogP contribution in [0.2, 0.25) is 30.2 Å². The molecular weight excluding hydrogens is 1190 g/mol. The molecule has 25 heteroatoms. The molecule has 0 saturated heterocycles. The summed E-state index contributed by atoms with van der Waals surface area (Å²) in [6.45, 7) is 11.4. The van der Waals surface area contributed by atoms with Crippen LogP contribution >= 0.6 is 0 Å². The van der Waals surface area contributed by atoms with Gasteiger partial charge in [0.1, 0.15) is 5.78 Å². The van der Waals surface area contributed by atoms with Gasteiger partial charge in [-0.1, -0.05) is 98.8 Å². The summed E-state index contributed by atoms with van der Waals surface area (Å²) in [7, 11) is 10.3. The zero-order valence-electron chi connectivity index (χ0n) is 58.6. The fourth-order valence-electron chi connectivity index (χ4n) is 12.4. The average molecular weight is 1330 g/mol. The highest BCUT2D eigenvalue weighted by atomic mass is 28.4. The van der Waals surface area contributed by atoms with Gasteiger partial charge in [0.2, 0.25) is 5.91 Å². The first-order valence-electron chi connectivity index (χ1n) is 32.5. The van der Waals surface area contributed by atoms with E-state index >= 15 is 0 Å². The Bertz CT molecular complexity index is 1500. The molecule has 3 N–H and O–H groups in total. The Kier molecular flexibility index (Phi) is 49.2. The Morgan fingerprint density at radius 2 is 0.547 bits per heavy atom. The number of rotatable bonds is 59. The molecule has 20 nitrogen and oxygen atoms in total. The molecule has 0 aromatic heterocycles. The first kappa shape index (κ1) is 87.6. The van der Waals surface area contributed by atoms with Gasteiger partial charge in [-0.25, -0.2) is 0 Å². The van der Waals surface area contributed by atoms with Gasteiger partial charge in [0, 0.05) is 156 Å². The van der Waals surface area contributed by atoms with E-state index in [2.05, 4.69) is 39.9 Å². The van der Waals surface area contributed by atoms with E-state index in [1.807, 2.05) is 0 Å². The number of aliphatic hydroxyl groups is 2. The van der Waals surface area contributed by atoms with E-state index < -0.39 is 55.2 Å². The van der Waals surface area contributed by atoms with Crippen LogP contribution in [-0.4, -0.2) is 190 Å². The van der Waals surface area contributed by atoms with E-state index in [1.165, 1.54) is 19.3 Å². The molecule has 0 saturated carbocycles. The Labute approximate surface area is 531 Å². The maximum absolute atomic E-state index is 13.6. The predicted octanol–water partition coefficient (Wildman–Crippen LogP) is 12.9. The van der Waals surface area contributed by atoms with Gasteiger partial charge in [-0.2, -0.15) is 0 Å². The summed E-state index contributed by atoms with van der Waals surface area (Å²) in [6, 6.07) is 3.09. The van der Waals surface area contributed by atoms with Crippen molar-refractivity contribution >= 4 is 55.7 Å². The third-order valence-electron chi connectivity index (χ3n) is 18.3. The SMILES string of the molecule is CCCCC(CCCC)(CCCC)CCC(=O)CC(=O)NCC(CCC[Si](OC)(OC)OC)(CCC[Si](OC)(OC)OC)CCC[Si](OC)(OC)OC.CCCCC(O)(CCCC)CC(O)(CCC[Si](OC)(OC)OC)CCC[Si](OC)(OC)OC. The monoisotopic (exact) mass is 1320 g/mol. The molecule has 0 radical (unpaired) electrons. The molecule has 0 atom stereocenters. The lowest BCUT2D eigenvalue weighted by atomic mass is 9.71. The van der Waals surface area contributed by atoms with Crippen LogP contribution in [0.1, 0.15) is 221 Å². The predicted molar refractivity (Wildman–Crippen MR) is 353 cm³/mol. The summed E-state index contributed by atoms with van der Waals surface area (Å²) in [4.78, 5) is 27.0. The van der Waals surface area contributed by atoms with Crippen molar-refractivity contribution < 1.29 is 86.2 Å². The van der Waals surface area contributed by atoms with Gasteiger partial charge in [0.15, 0.2) is 0 Å². The summed E-state index contributed by atoms with van der Waals surface area (Å²) < 4.78 is 85.0. The van der Waals surface area contributed by atoms with Crippen molar-refractivity contribution in [2.24, 2.45) is 10.8 Å². The average Bonchev–Trinajstić information content (AvgIpc) is 3.60. The van der Waals surface area contributed by atoms with E-state index in [0.29, 0.717) is 88.1 Å². The van der Waals surface area contributed by atoms with E-state index in [1.54, 1.807) is 107 Å². The number of carbonyl (C=O) groups excluding carboxylic acids is 2. The van der Waals surface area contributed by atoms with Crippen molar-refractivity contribution in [2.75, 3.05) is 113 Å². The third kappa shape index (κ3) is 32.9. The van der Waals surface area contributed by atoms with Gasteiger partial charge in [-0.3, -0.25) is 9.59 Å². The number of hydrogen-bond acceptors (Lipinski definition) is 19. The van der Waals surface area contributed by atoms with E-state index in [4.69, 9.17) is 66.4 Å². The largest absolute Gasteiger partial charge is 0.500 e. The Hall–Kier alpha value is -0.456. The van der Waals surface area contributed by atoms with Crippen molar-refractivity contribution in [3.05, 3.63) is 0 Å². The van der Waals surface area contributed by atoms with Crippen LogP contribution in [-0.2, 0) is 76.0 Å². The molecule has 0 aromatic carbocycles. The van der Waals surface area contributed by atoms with Crippen LogP contribution in [0.25, 0.3) is 0 Å². The van der Waals surface area contributed by atoms with E-state index in [9.17, 15) is 19.8 Å². The zero-order valence-corrected chi connectivity index (χ0v) is 63.6. The highest BCUT2D eigenvalue weighted by molar-refractivity contribution is 6.62. The van der Waals surface area contributed by atoms with Crippen molar-refractivity contribution in [3.8, 4) is 0 Å². The van der Waals surface area contributed by atoms with Crippen LogP contribution < -0.4 is 5.32 Å². The minimum absolute atomic E-state index is 0.0187. The lowest BCUT2D eigenvalue weighted by Gasteiger charge is -2.39. The molecule has 0 heterocycles. The van der Waals surface area contributed by atoms with E-state index in [0.717, 1.165) is 109 Å². The number of hydrogen-bond donors (Lipinski definition) is 3. The lowest BCUT2D eigenvalue weighted by Crippen LogP contribution is -2.45. The number of unbranched alkanes of at least 4 members (excludes halogenated alkanes) is 5. The molecule has 516 valence electrons. The summed E-state index contributed by atoms with van der Waals surface area (Å²) in [5.74, 6) is -0.205. The summed E-state index contributed by atoms with van der Waals surface area (Å²) in [6.07, 6.45) is 24.3. The summed E-state index contributed by atoms with van der Waals surface area (Å²) in [5, 5.41) is 26.5. The number of carbonyl (C=O) groups is 2. The number of nitrogens with one attached hydrogen (secondary N) is 1. The number of amides is 1. The maximum Gasteiger partial charge on any atom is 0.500 e. The van der Waals surface area contributed by atoms with Gasteiger partial charge < -0.3 is 81.9 Å². The van der Waals surface area contributed by atoms with Gasteiger partial charge in [-0.05, 0) is 114 Å². The quantitative estimate of drug-likeness (QED) is 0.0380. The first-order chi connectivity index (χ1) is 41.0. The molecule has 0 aliphatic heterocycles. The second-order valence-electron chi connectivity index (χ2n) is 23.9. The van der Waals surface area contributed by atoms with Crippen LogP contribution in [0.5, 0.6) is 0 Å². The Morgan fingerprint density at radius 1 is 0.326 bits per heavy atom. The molecule has 0 aliphatic rings. The Balaban J connectivity index is 0. The van der Waals surface area contributed by atoms with Gasteiger partial charge >= 0.3 is 44.0 Å². The van der Waals surface area contributed by atoms with Crippen molar-refractivity contribution in [2.45, 2.75) is 262 Å². The molecule has 86 heavy (non-hydrogen) atoms. The molecule has 0 bridgehead atoms. The highest BCUT2D eigenvalue weighted by Crippen LogP contribution is 2.43. The van der Waals surface area contributed by atoms with Crippen LogP contribution in [0.4, 0.5) is 0 Å². The van der Waals surface area contributed by atoms with Crippen molar-refractivity contribution in [1.82, 2.24) is 5.32 Å². The molecule has 0 aromatic rings. The number of Topliss-reactive ketones (excluding diaryl/α,β-unsaturated/α-hetero) is 1. The van der Waals surface area contributed by atoms with Crippen LogP contribution in [0.3, 0.4) is 0 Å². The lowest BCUT2D eigenvalue weighted by molar-refractivity contribution is -0.129. The minimum Gasteiger partial charge on any atom is -0.390 e. The van der Waals surface area contributed by atoms with Gasteiger partial charge in [0.25, 0.3) is 0 Å². The highest BCUT2D eigenvalue weighted by Gasteiger charge is 2.46. The van der Waals surface area contributed by atoms with Crippen molar-refractivity contribution in [1.29, 1.82) is 0 Å². The minimum atomic E-state index is -2.83. The Morgan fingerprint density at radius 3 is 0.791 bits per heavy atom. The number of ketones is 1. The van der Waals surface area contributed by atoms with Crippen LogP contribution in [0.15, 0.2) is 0 Å². The summed E-state index contributed by atoms with van der Waals surface area (Å²) in [5.41, 5.74) is -2.06. The second-order valence-corrected chi connectivity index (χ2v) is 39.3. The standard InChI is InChI=1S/C38H81NO11Si3.C23H52O8Si2/c1-13-16-23-37(24-17-14-2,25-18-15-3)29-22-35(40)33-36(41)39-34-38(26-19-30-51(42-4,43-5)44-6,27-20-31-52(45-7,46-8)47-9)28-21-32-53(48-10,49-11)50-12;1-9-11-15-22(24,16-12-10-2)21-23(25,17-13-19-32(26-3,27-4)28-5)18-14-20-33(29-6,30-7)31-8/h13-34H2,1-12H3,(H,39,41);24-25H,9-21H2,1-8H3. The normalized spacial score (nSPS) is 13.3. The topological polar surface area (TPSA) is 225 Å². The zero-order chi connectivity index (χ0) is 65.7. The molecule has 0 unspecified atom stereocenters. The molecule has 0 fully saturated rings.